The summed E-state index contributed by atoms with van der Waals surface area (Å²) >= 11 is 0. The number of nitrogens with zero attached hydrogens (tertiary/aromatic N) is 3. The Bertz CT molecular complexity index is 766. The second kappa shape index (κ2) is 5.61. The topological polar surface area (TPSA) is 77.8 Å². The fraction of sp³-hybridized carbons (Fsp3) is 0.312. The SMILES string of the molecule is CCC[C@@H](N)c1nc(-c2cc(C)c3ccccc3n2)no1. The smallest absolute Gasteiger partial charge is 0.243 e. The Morgan fingerprint density at radius 2 is 2.05 bits per heavy atom. The van der Waals surface area contributed by atoms with Crippen LogP contribution in [0.3, 0.4) is 0 Å². The van der Waals surface area contributed by atoms with Crippen LogP contribution in [-0.4, -0.2) is 15.1 Å². The maximum absolute atomic E-state index is 6.00. The molecule has 5 nitrogen and oxygen atoms in total. The van der Waals surface area contributed by atoms with Crippen molar-refractivity contribution in [2.24, 2.45) is 5.73 Å². The molecule has 108 valence electrons. The summed E-state index contributed by atoms with van der Waals surface area (Å²) in [5.41, 5.74) is 8.78. The van der Waals surface area contributed by atoms with E-state index in [1.165, 1.54) is 0 Å². The first-order valence-electron chi connectivity index (χ1n) is 7.15. The second-order valence-electron chi connectivity index (χ2n) is 5.19. The number of para-hydroxylation sites is 1. The van der Waals surface area contributed by atoms with E-state index in [0.717, 1.165) is 29.3 Å². The van der Waals surface area contributed by atoms with Crippen molar-refractivity contribution in [1.29, 1.82) is 0 Å². The molecule has 3 aromatic rings. The molecule has 1 atom stereocenters. The van der Waals surface area contributed by atoms with Gasteiger partial charge in [0.2, 0.25) is 11.7 Å². The van der Waals surface area contributed by atoms with Crippen LogP contribution in [0.25, 0.3) is 22.4 Å². The summed E-state index contributed by atoms with van der Waals surface area (Å²) in [7, 11) is 0. The zero-order valence-corrected chi connectivity index (χ0v) is 12.2. The highest BCUT2D eigenvalue weighted by Crippen LogP contribution is 2.23. The average Bonchev–Trinajstić information content (AvgIpc) is 2.97. The van der Waals surface area contributed by atoms with E-state index < -0.39 is 0 Å². The number of pyridine rings is 1. The number of aromatic nitrogens is 3. The quantitative estimate of drug-likeness (QED) is 0.793. The Hall–Kier alpha value is -2.27. The number of rotatable bonds is 4. The number of aryl methyl sites for hydroxylation is 1. The molecule has 2 aromatic heterocycles. The highest BCUT2D eigenvalue weighted by Gasteiger charge is 2.16. The van der Waals surface area contributed by atoms with Gasteiger partial charge in [0.25, 0.3) is 0 Å². The van der Waals surface area contributed by atoms with E-state index in [0.29, 0.717) is 17.4 Å². The monoisotopic (exact) mass is 282 g/mol. The van der Waals surface area contributed by atoms with Crippen molar-refractivity contribution in [3.8, 4) is 11.5 Å². The Kier molecular flexibility index (Phi) is 3.66. The van der Waals surface area contributed by atoms with Crippen molar-refractivity contribution in [3.63, 3.8) is 0 Å². The lowest BCUT2D eigenvalue weighted by molar-refractivity contribution is 0.348. The molecular weight excluding hydrogens is 264 g/mol. The van der Waals surface area contributed by atoms with E-state index in [1.807, 2.05) is 24.3 Å². The van der Waals surface area contributed by atoms with Crippen LogP contribution < -0.4 is 5.73 Å². The number of fused-ring (bicyclic) bond motifs is 1. The standard InChI is InChI=1S/C16H18N4O/c1-3-6-12(17)16-19-15(20-21-16)14-9-10(2)11-7-4-5-8-13(11)18-14/h4-5,7-9,12H,3,6,17H2,1-2H3/t12-/m1/s1. The van der Waals surface area contributed by atoms with Crippen LogP contribution in [-0.2, 0) is 0 Å². The van der Waals surface area contributed by atoms with Gasteiger partial charge in [0.05, 0.1) is 11.6 Å². The van der Waals surface area contributed by atoms with E-state index in [4.69, 9.17) is 10.3 Å². The predicted octanol–water partition coefficient (Wildman–Crippen LogP) is 3.39. The zero-order chi connectivity index (χ0) is 14.8. The minimum absolute atomic E-state index is 0.210. The zero-order valence-electron chi connectivity index (χ0n) is 12.2. The van der Waals surface area contributed by atoms with Crippen LogP contribution in [0.2, 0.25) is 0 Å². The third kappa shape index (κ3) is 2.64. The Morgan fingerprint density at radius 1 is 1.24 bits per heavy atom. The van der Waals surface area contributed by atoms with Gasteiger partial charge in [0, 0.05) is 5.39 Å². The van der Waals surface area contributed by atoms with Crippen molar-refractivity contribution in [2.45, 2.75) is 32.7 Å². The van der Waals surface area contributed by atoms with Crippen LogP contribution in [0.1, 0.15) is 37.3 Å². The normalized spacial score (nSPS) is 12.7. The van der Waals surface area contributed by atoms with Gasteiger partial charge in [-0.15, -0.1) is 0 Å². The molecule has 0 aliphatic heterocycles. The van der Waals surface area contributed by atoms with Crippen LogP contribution in [0.5, 0.6) is 0 Å². The molecule has 0 amide bonds. The van der Waals surface area contributed by atoms with E-state index >= 15 is 0 Å². The molecule has 2 N–H and O–H groups in total. The first kappa shape index (κ1) is 13.7. The van der Waals surface area contributed by atoms with Gasteiger partial charge in [-0.25, -0.2) is 4.98 Å². The summed E-state index contributed by atoms with van der Waals surface area (Å²) in [6.45, 7) is 4.13. The molecule has 0 aliphatic rings. The van der Waals surface area contributed by atoms with Crippen molar-refractivity contribution < 1.29 is 4.52 Å². The van der Waals surface area contributed by atoms with Crippen LogP contribution in [0.4, 0.5) is 0 Å². The molecule has 1 aromatic carbocycles. The van der Waals surface area contributed by atoms with Gasteiger partial charge in [-0.3, -0.25) is 0 Å². The summed E-state index contributed by atoms with van der Waals surface area (Å²) in [6.07, 6.45) is 1.80. The number of hydrogen-bond acceptors (Lipinski definition) is 5. The molecule has 5 heteroatoms. The largest absolute Gasteiger partial charge is 0.337 e. The van der Waals surface area contributed by atoms with E-state index in [9.17, 15) is 0 Å². The summed E-state index contributed by atoms with van der Waals surface area (Å²) < 4.78 is 5.26. The van der Waals surface area contributed by atoms with E-state index in [-0.39, 0.29) is 6.04 Å². The van der Waals surface area contributed by atoms with Gasteiger partial charge in [-0.2, -0.15) is 4.98 Å². The summed E-state index contributed by atoms with van der Waals surface area (Å²) in [6, 6.07) is 9.78. The first-order chi connectivity index (χ1) is 10.2. The maximum Gasteiger partial charge on any atom is 0.243 e. The molecule has 0 spiro atoms. The van der Waals surface area contributed by atoms with Gasteiger partial charge < -0.3 is 10.3 Å². The van der Waals surface area contributed by atoms with Crippen molar-refractivity contribution in [1.82, 2.24) is 15.1 Å². The third-order valence-corrected chi connectivity index (χ3v) is 3.51. The maximum atomic E-state index is 6.00. The highest BCUT2D eigenvalue weighted by atomic mass is 16.5. The van der Waals surface area contributed by atoms with Crippen LogP contribution in [0.15, 0.2) is 34.9 Å². The van der Waals surface area contributed by atoms with E-state index in [2.05, 4.69) is 35.0 Å². The molecule has 0 unspecified atom stereocenters. The van der Waals surface area contributed by atoms with Crippen molar-refractivity contribution >= 4 is 10.9 Å². The molecule has 0 radical (unpaired) electrons. The number of benzene rings is 1. The number of hydrogen-bond donors (Lipinski definition) is 1. The molecule has 3 rings (SSSR count). The second-order valence-corrected chi connectivity index (χ2v) is 5.19. The van der Waals surface area contributed by atoms with Crippen molar-refractivity contribution in [3.05, 3.63) is 41.8 Å². The predicted molar refractivity (Wildman–Crippen MR) is 81.6 cm³/mol. The molecule has 0 fully saturated rings. The lowest BCUT2D eigenvalue weighted by Crippen LogP contribution is -2.09. The van der Waals surface area contributed by atoms with Gasteiger partial charge >= 0.3 is 0 Å². The summed E-state index contributed by atoms with van der Waals surface area (Å²) in [4.78, 5) is 8.98. The molecular formula is C16H18N4O. The molecule has 21 heavy (non-hydrogen) atoms. The molecule has 0 bridgehead atoms. The lowest BCUT2D eigenvalue weighted by Gasteiger charge is -2.03. The van der Waals surface area contributed by atoms with Crippen LogP contribution in [0, 0.1) is 6.92 Å². The van der Waals surface area contributed by atoms with Gasteiger partial charge in [0.15, 0.2) is 0 Å². The highest BCUT2D eigenvalue weighted by molar-refractivity contribution is 5.84. The Morgan fingerprint density at radius 3 is 2.86 bits per heavy atom. The van der Waals surface area contributed by atoms with Crippen molar-refractivity contribution in [2.75, 3.05) is 0 Å². The number of nitrogens with two attached hydrogens (primary N) is 1. The molecule has 0 saturated carbocycles. The molecule has 2 heterocycles. The minimum atomic E-state index is -0.210. The molecule has 0 saturated heterocycles. The average molecular weight is 282 g/mol. The van der Waals surface area contributed by atoms with Gasteiger partial charge in [0.1, 0.15) is 5.69 Å². The van der Waals surface area contributed by atoms with Crippen LogP contribution >= 0.6 is 0 Å². The Balaban J connectivity index is 2.01. The summed E-state index contributed by atoms with van der Waals surface area (Å²) in [5.74, 6) is 0.963. The van der Waals surface area contributed by atoms with Gasteiger partial charge in [-0.1, -0.05) is 36.7 Å². The summed E-state index contributed by atoms with van der Waals surface area (Å²) in [5, 5.41) is 5.14. The lowest BCUT2D eigenvalue weighted by atomic mass is 10.1. The minimum Gasteiger partial charge on any atom is -0.337 e. The molecule has 0 aliphatic carbocycles. The van der Waals surface area contributed by atoms with Gasteiger partial charge in [-0.05, 0) is 31.0 Å². The van der Waals surface area contributed by atoms with E-state index in [1.54, 1.807) is 0 Å². The first-order valence-corrected chi connectivity index (χ1v) is 7.15. The fourth-order valence-corrected chi connectivity index (χ4v) is 2.39. The Labute approximate surface area is 123 Å². The fourth-order valence-electron chi connectivity index (χ4n) is 2.39. The third-order valence-electron chi connectivity index (χ3n) is 3.51.